The van der Waals surface area contributed by atoms with Crippen molar-refractivity contribution in [1.82, 2.24) is 0 Å². The van der Waals surface area contributed by atoms with Crippen molar-refractivity contribution in [2.75, 3.05) is 6.61 Å². The van der Waals surface area contributed by atoms with Gasteiger partial charge in [-0.1, -0.05) is 13.8 Å². The summed E-state index contributed by atoms with van der Waals surface area (Å²) >= 11 is 0. The molecule has 24 heavy (non-hydrogen) atoms. The van der Waals surface area contributed by atoms with Gasteiger partial charge in [-0.25, -0.2) is 4.79 Å². The van der Waals surface area contributed by atoms with E-state index in [0.717, 1.165) is 12.1 Å². The van der Waals surface area contributed by atoms with Crippen molar-refractivity contribution >= 4 is 11.8 Å². The molecule has 0 amide bonds. The smallest absolute Gasteiger partial charge is 0.338 e. The van der Waals surface area contributed by atoms with Gasteiger partial charge in [0.1, 0.15) is 12.4 Å². The molecule has 3 aliphatic carbocycles. The van der Waals surface area contributed by atoms with E-state index in [1.54, 1.807) is 6.92 Å². The van der Waals surface area contributed by atoms with E-state index in [-0.39, 0.29) is 29.8 Å². The summed E-state index contributed by atoms with van der Waals surface area (Å²) in [6.45, 7) is 3.39. The summed E-state index contributed by atoms with van der Waals surface area (Å²) in [5, 5.41) is 39.0. The van der Waals surface area contributed by atoms with Gasteiger partial charge in [0.25, 0.3) is 0 Å². The van der Waals surface area contributed by atoms with Crippen molar-refractivity contribution in [3.05, 3.63) is 17.7 Å². The Hall–Kier alpha value is -2.28. The monoisotopic (exact) mass is 336 g/mol. The first-order chi connectivity index (χ1) is 11.1. The predicted molar refractivity (Wildman–Crippen MR) is 81.7 cm³/mol. The van der Waals surface area contributed by atoms with Crippen LogP contribution in [0.1, 0.15) is 37.0 Å². The molecular formula is C17H20O7. The van der Waals surface area contributed by atoms with Gasteiger partial charge in [-0.3, -0.25) is 4.79 Å². The van der Waals surface area contributed by atoms with E-state index in [4.69, 9.17) is 4.74 Å². The molecule has 4 N–H and O–H groups in total. The van der Waals surface area contributed by atoms with Crippen LogP contribution in [0.25, 0.3) is 0 Å². The number of esters is 1. The molecule has 3 fully saturated rings. The van der Waals surface area contributed by atoms with Crippen LogP contribution in [-0.2, 0) is 9.53 Å². The number of fused-ring (bicyclic) bond motifs is 2. The van der Waals surface area contributed by atoms with Crippen molar-refractivity contribution in [2.45, 2.75) is 32.3 Å². The first-order valence-corrected chi connectivity index (χ1v) is 7.77. The quantitative estimate of drug-likeness (QED) is 0.485. The Balaban J connectivity index is 1.76. The average molecular weight is 336 g/mol. The number of aromatic hydroxyl groups is 3. The Morgan fingerprint density at radius 3 is 2.42 bits per heavy atom. The molecule has 130 valence electrons. The molecule has 1 aromatic rings. The number of ether oxygens (including phenoxy) is 1. The van der Waals surface area contributed by atoms with Crippen LogP contribution in [0.5, 0.6) is 17.2 Å². The summed E-state index contributed by atoms with van der Waals surface area (Å²) in [5.74, 6) is -3.31. The van der Waals surface area contributed by atoms with Crippen molar-refractivity contribution in [1.29, 1.82) is 0 Å². The highest BCUT2D eigenvalue weighted by Crippen LogP contribution is 2.62. The minimum Gasteiger partial charge on any atom is -0.504 e. The van der Waals surface area contributed by atoms with Gasteiger partial charge in [0.05, 0.1) is 11.2 Å². The highest BCUT2D eigenvalue weighted by Gasteiger charge is 2.70. The molecule has 1 aromatic carbocycles. The fourth-order valence-corrected chi connectivity index (χ4v) is 4.03. The molecule has 0 saturated heterocycles. The zero-order valence-corrected chi connectivity index (χ0v) is 13.4. The summed E-state index contributed by atoms with van der Waals surface area (Å²) < 4.78 is 5.23. The zero-order chi connectivity index (χ0) is 17.9. The average Bonchev–Trinajstić information content (AvgIpc) is 2.52. The lowest BCUT2D eigenvalue weighted by molar-refractivity contribution is -0.258. The molecule has 2 bridgehead atoms. The molecule has 4 unspecified atom stereocenters. The number of rotatable bonds is 3. The lowest BCUT2D eigenvalue weighted by Gasteiger charge is -2.64. The Kier molecular flexibility index (Phi) is 3.53. The van der Waals surface area contributed by atoms with Crippen LogP contribution in [-0.4, -0.2) is 44.4 Å². The standard InChI is InChI=1S/C17H20O7/c1-8-3-11(18)10-6-17(8,23)16(10,2)7-24-15(22)9-4-12(19)14(21)13(20)5-9/h4-5,8,10,19-21,23H,3,6-7H2,1-2H3. The van der Waals surface area contributed by atoms with Gasteiger partial charge in [-0.2, -0.15) is 0 Å². The number of phenolic OH excluding ortho intramolecular Hbond substituents is 3. The highest BCUT2D eigenvalue weighted by molar-refractivity contribution is 5.91. The van der Waals surface area contributed by atoms with Crippen molar-refractivity contribution in [3.8, 4) is 17.2 Å². The number of aliphatic hydroxyl groups is 1. The number of benzene rings is 1. The van der Waals surface area contributed by atoms with Crippen LogP contribution in [0.4, 0.5) is 0 Å². The molecule has 0 aliphatic heterocycles. The van der Waals surface area contributed by atoms with Gasteiger partial charge in [0.15, 0.2) is 17.2 Å². The van der Waals surface area contributed by atoms with Gasteiger partial charge in [0, 0.05) is 17.8 Å². The number of carbonyl (C=O) groups excluding carboxylic acids is 2. The number of hydrogen-bond acceptors (Lipinski definition) is 7. The number of ketones is 1. The van der Waals surface area contributed by atoms with E-state index in [1.807, 2.05) is 6.92 Å². The first kappa shape index (κ1) is 16.6. The second-order valence-corrected chi connectivity index (χ2v) is 7.11. The summed E-state index contributed by atoms with van der Waals surface area (Å²) in [6, 6.07) is 1.95. The van der Waals surface area contributed by atoms with Crippen LogP contribution >= 0.6 is 0 Å². The third kappa shape index (κ3) is 2.07. The van der Waals surface area contributed by atoms with Crippen LogP contribution < -0.4 is 0 Å². The van der Waals surface area contributed by atoms with Crippen LogP contribution in [0, 0.1) is 17.3 Å². The fraction of sp³-hybridized carbons (Fsp3) is 0.529. The van der Waals surface area contributed by atoms with E-state index < -0.39 is 34.2 Å². The summed E-state index contributed by atoms with van der Waals surface area (Å²) in [6.07, 6.45) is 0.701. The molecule has 7 nitrogen and oxygen atoms in total. The SMILES string of the molecule is CC1CC(=O)C2CC1(O)C2(C)COC(=O)c1cc(O)c(O)c(O)c1. The predicted octanol–water partition coefficient (Wildman–Crippen LogP) is 1.33. The van der Waals surface area contributed by atoms with Crippen LogP contribution in [0.2, 0.25) is 0 Å². The molecule has 4 atom stereocenters. The Morgan fingerprint density at radius 2 is 1.88 bits per heavy atom. The normalized spacial score (nSPS) is 34.5. The minimum atomic E-state index is -1.05. The second kappa shape index (κ2) is 5.11. The maximum absolute atomic E-state index is 12.1. The lowest BCUT2D eigenvalue weighted by Crippen LogP contribution is -2.72. The van der Waals surface area contributed by atoms with E-state index in [9.17, 15) is 30.0 Å². The van der Waals surface area contributed by atoms with Gasteiger partial charge < -0.3 is 25.2 Å². The van der Waals surface area contributed by atoms with Crippen molar-refractivity contribution < 1.29 is 34.8 Å². The summed E-state index contributed by atoms with van der Waals surface area (Å²) in [5.41, 5.74) is -2.04. The Morgan fingerprint density at radius 1 is 1.29 bits per heavy atom. The van der Waals surface area contributed by atoms with E-state index >= 15 is 0 Å². The van der Waals surface area contributed by atoms with Gasteiger partial charge in [0.2, 0.25) is 0 Å². The molecule has 4 rings (SSSR count). The third-order valence-corrected chi connectivity index (χ3v) is 5.79. The molecule has 0 spiro atoms. The Labute approximate surface area is 138 Å². The van der Waals surface area contributed by atoms with Gasteiger partial charge >= 0.3 is 5.97 Å². The first-order valence-electron chi connectivity index (χ1n) is 7.77. The largest absolute Gasteiger partial charge is 0.504 e. The molecule has 0 radical (unpaired) electrons. The molecule has 7 heteroatoms. The van der Waals surface area contributed by atoms with Crippen molar-refractivity contribution in [2.24, 2.45) is 17.3 Å². The molecular weight excluding hydrogens is 316 g/mol. The highest BCUT2D eigenvalue weighted by atomic mass is 16.5. The molecule has 3 aliphatic rings. The van der Waals surface area contributed by atoms with Gasteiger partial charge in [-0.15, -0.1) is 0 Å². The number of phenols is 3. The minimum absolute atomic E-state index is 0.0666. The van der Waals surface area contributed by atoms with Crippen LogP contribution in [0.3, 0.4) is 0 Å². The van der Waals surface area contributed by atoms with E-state index in [1.165, 1.54) is 0 Å². The van der Waals surface area contributed by atoms with E-state index in [2.05, 4.69) is 0 Å². The van der Waals surface area contributed by atoms with Gasteiger partial charge in [-0.05, 0) is 24.5 Å². The third-order valence-electron chi connectivity index (χ3n) is 5.79. The molecule has 0 aromatic heterocycles. The Bertz CT molecular complexity index is 705. The number of Topliss-reactive ketones (excluding diaryl/α,β-unsaturated/α-hetero) is 1. The molecule has 3 saturated carbocycles. The summed E-state index contributed by atoms with van der Waals surface area (Å²) in [4.78, 5) is 24.2. The number of hydrogen-bond donors (Lipinski definition) is 4. The zero-order valence-electron chi connectivity index (χ0n) is 13.4. The van der Waals surface area contributed by atoms with Crippen LogP contribution in [0.15, 0.2) is 12.1 Å². The van der Waals surface area contributed by atoms with Crippen molar-refractivity contribution in [3.63, 3.8) is 0 Å². The lowest BCUT2D eigenvalue weighted by atomic mass is 9.42. The second-order valence-electron chi connectivity index (χ2n) is 7.11. The maximum atomic E-state index is 12.1. The fourth-order valence-electron chi connectivity index (χ4n) is 4.03. The molecule has 0 heterocycles. The number of carbonyl (C=O) groups is 2. The summed E-state index contributed by atoms with van der Waals surface area (Å²) in [7, 11) is 0. The van der Waals surface area contributed by atoms with E-state index in [0.29, 0.717) is 12.8 Å². The maximum Gasteiger partial charge on any atom is 0.338 e. The topological polar surface area (TPSA) is 124 Å².